The van der Waals surface area contributed by atoms with Gasteiger partial charge in [-0.05, 0) is 112 Å². The number of allylic oxidation sites excluding steroid dienone is 4. The van der Waals surface area contributed by atoms with Crippen LogP contribution < -0.4 is 0 Å². The Bertz CT molecular complexity index is 921. The van der Waals surface area contributed by atoms with Crippen LogP contribution in [-0.4, -0.2) is 0 Å². The molecule has 1 aromatic carbocycles. The molecule has 0 heterocycles. The summed E-state index contributed by atoms with van der Waals surface area (Å²) in [5.74, 6) is 5.25. The molecule has 4 atom stereocenters. The first-order valence-electron chi connectivity index (χ1n) is 22.2. The van der Waals surface area contributed by atoms with Crippen molar-refractivity contribution in [1.29, 1.82) is 0 Å². The van der Waals surface area contributed by atoms with Gasteiger partial charge in [-0.2, -0.15) is 0 Å². The minimum atomic E-state index is 0.308. The Labute approximate surface area is 316 Å². The van der Waals surface area contributed by atoms with Crippen LogP contribution in [0.1, 0.15) is 217 Å². The maximum absolute atomic E-state index is 2.63. The lowest BCUT2D eigenvalue weighted by Crippen LogP contribution is -2.22. The third-order valence-corrected chi connectivity index (χ3v) is 12.2. The molecule has 0 bridgehead atoms. The van der Waals surface area contributed by atoms with E-state index in [4.69, 9.17) is 0 Å². The molecule has 0 saturated heterocycles. The summed E-state index contributed by atoms with van der Waals surface area (Å²) in [5, 5.41) is 0. The van der Waals surface area contributed by atoms with Gasteiger partial charge in [-0.1, -0.05) is 206 Å². The molecule has 0 aliphatic rings. The highest BCUT2D eigenvalue weighted by atomic mass is 14.3. The molecule has 50 heavy (non-hydrogen) atoms. The topological polar surface area (TPSA) is 0 Å². The molecule has 0 aliphatic carbocycles. The van der Waals surface area contributed by atoms with Crippen LogP contribution in [0, 0.1) is 40.9 Å². The molecular formula is C50H90. The van der Waals surface area contributed by atoms with Crippen LogP contribution >= 0.6 is 0 Å². The summed E-state index contributed by atoms with van der Waals surface area (Å²) in [6.07, 6.45) is 35.0. The second-order valence-electron chi connectivity index (χ2n) is 18.7. The second kappa shape index (κ2) is 28.2. The van der Waals surface area contributed by atoms with Gasteiger partial charge in [0.2, 0.25) is 0 Å². The molecule has 1 rings (SSSR count). The highest BCUT2D eigenvalue weighted by Gasteiger charge is 2.26. The minimum Gasteiger partial charge on any atom is -0.0850 e. The maximum atomic E-state index is 2.63. The molecular weight excluding hydrogens is 601 g/mol. The SMILES string of the molecule is CCC(CC=C(C)CCCC(C)CCCC(C)CCCC(C)C)(CC=C(C)CCCC(C)CCCC(C)CCCC(C)C)Cc1ccccc1. The van der Waals surface area contributed by atoms with E-state index in [2.05, 4.69) is 119 Å². The van der Waals surface area contributed by atoms with Gasteiger partial charge in [0.05, 0.1) is 0 Å². The van der Waals surface area contributed by atoms with Crippen molar-refractivity contribution in [3.05, 3.63) is 59.2 Å². The van der Waals surface area contributed by atoms with Gasteiger partial charge in [-0.25, -0.2) is 0 Å². The van der Waals surface area contributed by atoms with E-state index in [1.54, 1.807) is 11.1 Å². The van der Waals surface area contributed by atoms with Crippen molar-refractivity contribution in [2.75, 3.05) is 0 Å². The van der Waals surface area contributed by atoms with Gasteiger partial charge in [0.1, 0.15) is 0 Å². The Hall–Kier alpha value is -1.30. The summed E-state index contributed by atoms with van der Waals surface area (Å²) in [4.78, 5) is 0. The fourth-order valence-corrected chi connectivity index (χ4v) is 8.07. The summed E-state index contributed by atoms with van der Waals surface area (Å²) in [5.41, 5.74) is 5.03. The fraction of sp³-hybridized carbons (Fsp3) is 0.800. The smallest absolute Gasteiger partial charge is 0.0191 e. The fourth-order valence-electron chi connectivity index (χ4n) is 8.07. The third kappa shape index (κ3) is 24.8. The molecule has 0 aromatic heterocycles. The number of hydrogen-bond donors (Lipinski definition) is 0. The van der Waals surface area contributed by atoms with Crippen LogP contribution in [0.3, 0.4) is 0 Å². The first kappa shape index (κ1) is 46.7. The number of rotatable bonds is 31. The Kier molecular flexibility index (Phi) is 26.4. The Morgan fingerprint density at radius 2 is 0.840 bits per heavy atom. The summed E-state index contributed by atoms with van der Waals surface area (Å²) < 4.78 is 0. The van der Waals surface area contributed by atoms with E-state index in [1.165, 1.54) is 147 Å². The molecule has 4 unspecified atom stereocenters. The Morgan fingerprint density at radius 1 is 0.500 bits per heavy atom. The second-order valence-corrected chi connectivity index (χ2v) is 18.7. The monoisotopic (exact) mass is 691 g/mol. The lowest BCUT2D eigenvalue weighted by molar-refractivity contribution is 0.276. The van der Waals surface area contributed by atoms with Gasteiger partial charge >= 0.3 is 0 Å². The summed E-state index contributed by atoms with van der Waals surface area (Å²) in [6, 6.07) is 11.3. The molecule has 290 valence electrons. The van der Waals surface area contributed by atoms with Gasteiger partial charge in [-0.15, -0.1) is 0 Å². The summed E-state index contributed by atoms with van der Waals surface area (Å²) in [7, 11) is 0. The van der Waals surface area contributed by atoms with Crippen LogP contribution in [0.25, 0.3) is 0 Å². The van der Waals surface area contributed by atoms with Crippen LogP contribution in [-0.2, 0) is 6.42 Å². The van der Waals surface area contributed by atoms with Crippen molar-refractivity contribution >= 4 is 0 Å². The van der Waals surface area contributed by atoms with E-state index in [-0.39, 0.29) is 0 Å². The first-order chi connectivity index (χ1) is 23.8. The molecule has 0 heteroatoms. The van der Waals surface area contributed by atoms with E-state index in [0.717, 1.165) is 35.5 Å². The van der Waals surface area contributed by atoms with Crippen molar-refractivity contribution in [2.24, 2.45) is 40.9 Å². The van der Waals surface area contributed by atoms with Crippen molar-refractivity contribution in [2.45, 2.75) is 217 Å². The van der Waals surface area contributed by atoms with Gasteiger partial charge in [0.15, 0.2) is 0 Å². The zero-order chi connectivity index (χ0) is 37.2. The predicted molar refractivity (Wildman–Crippen MR) is 229 cm³/mol. The van der Waals surface area contributed by atoms with Crippen molar-refractivity contribution < 1.29 is 0 Å². The van der Waals surface area contributed by atoms with Gasteiger partial charge in [0, 0.05) is 0 Å². The Balaban J connectivity index is 2.56. The third-order valence-electron chi connectivity index (χ3n) is 12.2. The van der Waals surface area contributed by atoms with Crippen LogP contribution in [0.4, 0.5) is 0 Å². The molecule has 1 aromatic rings. The lowest BCUT2D eigenvalue weighted by atomic mass is 9.73. The number of hydrogen-bond acceptors (Lipinski definition) is 0. The highest BCUT2D eigenvalue weighted by Crippen LogP contribution is 2.37. The molecule has 0 spiro atoms. The van der Waals surface area contributed by atoms with E-state index < -0.39 is 0 Å². The van der Waals surface area contributed by atoms with Gasteiger partial charge < -0.3 is 0 Å². The largest absolute Gasteiger partial charge is 0.0850 e. The van der Waals surface area contributed by atoms with E-state index in [9.17, 15) is 0 Å². The lowest BCUT2D eigenvalue weighted by Gasteiger charge is -2.32. The summed E-state index contributed by atoms with van der Waals surface area (Å²) >= 11 is 0. The molecule has 0 fully saturated rings. The standard InChI is InChI=1S/C50H90/c1-12-50(40-49-34-14-13-15-35-49,38-36-47(10)32-20-30-45(8)28-18-26-43(6)24-16-22-41(2)3)39-37-48(11)33-21-31-46(9)29-19-27-44(7)25-17-23-42(4)5/h13-15,34-37,41-46H,12,16-33,38-40H2,1-11H3. The van der Waals surface area contributed by atoms with Crippen molar-refractivity contribution in [3.8, 4) is 0 Å². The molecule has 0 amide bonds. The average molecular weight is 691 g/mol. The molecule has 0 saturated carbocycles. The van der Waals surface area contributed by atoms with Crippen LogP contribution in [0.15, 0.2) is 53.6 Å². The normalized spacial score (nSPS) is 16.5. The molecule has 0 nitrogen and oxygen atoms in total. The maximum Gasteiger partial charge on any atom is -0.0191 e. The zero-order valence-electron chi connectivity index (χ0n) is 36.1. The zero-order valence-corrected chi connectivity index (χ0v) is 36.1. The van der Waals surface area contributed by atoms with Gasteiger partial charge in [-0.3, -0.25) is 0 Å². The summed E-state index contributed by atoms with van der Waals surface area (Å²) in [6.45, 7) is 26.6. The molecule has 0 N–H and O–H groups in total. The quantitative estimate of drug-likeness (QED) is 0.0680. The highest BCUT2D eigenvalue weighted by molar-refractivity contribution is 5.18. The predicted octanol–water partition coefficient (Wildman–Crippen LogP) is 17.2. The van der Waals surface area contributed by atoms with E-state index in [1.807, 2.05) is 0 Å². The number of benzene rings is 1. The van der Waals surface area contributed by atoms with Crippen molar-refractivity contribution in [1.82, 2.24) is 0 Å². The van der Waals surface area contributed by atoms with Crippen LogP contribution in [0.5, 0.6) is 0 Å². The van der Waals surface area contributed by atoms with E-state index in [0.29, 0.717) is 5.41 Å². The minimum absolute atomic E-state index is 0.308. The Morgan fingerprint density at radius 3 is 1.18 bits per heavy atom. The van der Waals surface area contributed by atoms with E-state index >= 15 is 0 Å². The molecule has 0 radical (unpaired) electrons. The average Bonchev–Trinajstić information content (AvgIpc) is 3.06. The van der Waals surface area contributed by atoms with Crippen molar-refractivity contribution in [3.63, 3.8) is 0 Å². The molecule has 0 aliphatic heterocycles. The van der Waals surface area contributed by atoms with Crippen LogP contribution in [0.2, 0.25) is 0 Å². The first-order valence-corrected chi connectivity index (χ1v) is 22.2. The van der Waals surface area contributed by atoms with Gasteiger partial charge in [0.25, 0.3) is 0 Å².